The van der Waals surface area contributed by atoms with Crippen molar-refractivity contribution >= 4 is 21.6 Å². The van der Waals surface area contributed by atoms with Gasteiger partial charge in [0.1, 0.15) is 5.82 Å². The fourth-order valence-corrected chi connectivity index (χ4v) is 4.83. The van der Waals surface area contributed by atoms with E-state index in [2.05, 4.69) is 5.32 Å². The van der Waals surface area contributed by atoms with E-state index in [-0.39, 0.29) is 16.6 Å². The number of sulfonamides is 1. The topological polar surface area (TPSA) is 69.7 Å². The molecular formula is C22H30FN3O3S. The number of rotatable bonds is 9. The van der Waals surface area contributed by atoms with E-state index < -0.39 is 16.1 Å². The van der Waals surface area contributed by atoms with Gasteiger partial charge in [-0.05, 0) is 56.3 Å². The van der Waals surface area contributed by atoms with Gasteiger partial charge in [-0.1, -0.05) is 32.0 Å². The number of likely N-dealkylation sites (N-methyl/N-ethyl adjacent to an activating group) is 1. The van der Waals surface area contributed by atoms with Crippen LogP contribution in [-0.4, -0.2) is 49.7 Å². The summed E-state index contributed by atoms with van der Waals surface area (Å²) < 4.78 is 40.3. The molecule has 0 saturated carbocycles. The third-order valence-electron chi connectivity index (χ3n) is 5.16. The van der Waals surface area contributed by atoms with Gasteiger partial charge in [0.15, 0.2) is 0 Å². The third-order valence-corrected chi connectivity index (χ3v) is 7.36. The van der Waals surface area contributed by atoms with E-state index in [1.54, 1.807) is 59.0 Å². The van der Waals surface area contributed by atoms with E-state index >= 15 is 0 Å². The first kappa shape index (κ1) is 24.0. The van der Waals surface area contributed by atoms with Crippen LogP contribution in [-0.2, 0) is 21.4 Å². The maximum absolute atomic E-state index is 13.1. The van der Waals surface area contributed by atoms with E-state index in [9.17, 15) is 17.6 Å². The van der Waals surface area contributed by atoms with Crippen LogP contribution in [0.5, 0.6) is 0 Å². The molecule has 0 fully saturated rings. The van der Waals surface area contributed by atoms with Gasteiger partial charge >= 0.3 is 0 Å². The Kier molecular flexibility index (Phi) is 8.11. The largest absolute Gasteiger partial charge is 0.325 e. The first-order valence-electron chi connectivity index (χ1n) is 9.96. The molecule has 0 aromatic heterocycles. The molecule has 0 saturated heterocycles. The molecule has 1 N–H and O–H groups in total. The summed E-state index contributed by atoms with van der Waals surface area (Å²) >= 11 is 0. The molecule has 0 aliphatic rings. The SMILES string of the molecule is CCN(CC)S(=O)(=O)c1cc(NC(=O)C(C)N(C)Cc2ccc(F)cc2)ccc1C. The van der Waals surface area contributed by atoms with E-state index in [0.717, 1.165) is 5.56 Å². The zero-order valence-corrected chi connectivity index (χ0v) is 19.0. The van der Waals surface area contributed by atoms with E-state index in [1.807, 2.05) is 4.90 Å². The first-order chi connectivity index (χ1) is 14.1. The first-order valence-corrected chi connectivity index (χ1v) is 11.4. The predicted octanol–water partition coefficient (Wildman–Crippen LogP) is 3.62. The van der Waals surface area contributed by atoms with Crippen molar-refractivity contribution in [3.63, 3.8) is 0 Å². The van der Waals surface area contributed by atoms with Crippen LogP contribution in [0.1, 0.15) is 31.9 Å². The number of carbonyl (C=O) groups excluding carboxylic acids is 1. The Hall–Kier alpha value is -2.29. The van der Waals surface area contributed by atoms with E-state index in [1.165, 1.54) is 22.5 Å². The molecule has 1 unspecified atom stereocenters. The number of hydrogen-bond acceptors (Lipinski definition) is 4. The summed E-state index contributed by atoms with van der Waals surface area (Å²) in [4.78, 5) is 14.7. The van der Waals surface area contributed by atoms with Crippen molar-refractivity contribution in [3.05, 3.63) is 59.4 Å². The highest BCUT2D eigenvalue weighted by molar-refractivity contribution is 7.89. The number of nitrogens with one attached hydrogen (secondary N) is 1. The lowest BCUT2D eigenvalue weighted by Crippen LogP contribution is -2.39. The maximum atomic E-state index is 13.1. The van der Waals surface area contributed by atoms with Crippen LogP contribution >= 0.6 is 0 Å². The Balaban J connectivity index is 2.15. The van der Waals surface area contributed by atoms with Crippen molar-refractivity contribution in [1.29, 1.82) is 0 Å². The smallest absolute Gasteiger partial charge is 0.243 e. The zero-order chi connectivity index (χ0) is 22.5. The van der Waals surface area contributed by atoms with Crippen LogP contribution < -0.4 is 5.32 Å². The van der Waals surface area contributed by atoms with Gasteiger partial charge in [-0.3, -0.25) is 9.69 Å². The number of hydrogen-bond donors (Lipinski definition) is 1. The summed E-state index contributed by atoms with van der Waals surface area (Å²) in [6.07, 6.45) is 0. The van der Waals surface area contributed by atoms with Gasteiger partial charge in [0.25, 0.3) is 0 Å². The number of benzene rings is 2. The molecule has 164 valence electrons. The Morgan fingerprint density at radius 2 is 1.70 bits per heavy atom. The molecular weight excluding hydrogens is 405 g/mol. The van der Waals surface area contributed by atoms with Crippen molar-refractivity contribution < 1.29 is 17.6 Å². The van der Waals surface area contributed by atoms with Crippen molar-refractivity contribution in [2.45, 2.75) is 45.2 Å². The second-order valence-electron chi connectivity index (χ2n) is 7.28. The highest BCUT2D eigenvalue weighted by atomic mass is 32.2. The molecule has 0 spiro atoms. The van der Waals surface area contributed by atoms with Gasteiger partial charge in [0, 0.05) is 25.3 Å². The molecule has 8 heteroatoms. The Morgan fingerprint density at radius 1 is 1.10 bits per heavy atom. The van der Waals surface area contributed by atoms with Crippen LogP contribution in [0, 0.1) is 12.7 Å². The second kappa shape index (κ2) is 10.1. The molecule has 2 aromatic carbocycles. The predicted molar refractivity (Wildman–Crippen MR) is 117 cm³/mol. The van der Waals surface area contributed by atoms with Crippen molar-refractivity contribution in [2.75, 3.05) is 25.5 Å². The molecule has 0 aliphatic heterocycles. The minimum Gasteiger partial charge on any atom is -0.325 e. The quantitative estimate of drug-likeness (QED) is 0.653. The van der Waals surface area contributed by atoms with Crippen LogP contribution in [0.15, 0.2) is 47.4 Å². The van der Waals surface area contributed by atoms with Crippen molar-refractivity contribution in [1.82, 2.24) is 9.21 Å². The van der Waals surface area contributed by atoms with Gasteiger partial charge in [-0.2, -0.15) is 4.31 Å². The van der Waals surface area contributed by atoms with Crippen LogP contribution in [0.2, 0.25) is 0 Å². The number of anilines is 1. The number of nitrogens with zero attached hydrogens (tertiary/aromatic N) is 2. The summed E-state index contributed by atoms with van der Waals surface area (Å²) in [5.41, 5.74) is 1.95. The van der Waals surface area contributed by atoms with Crippen LogP contribution in [0.3, 0.4) is 0 Å². The average molecular weight is 436 g/mol. The summed E-state index contributed by atoms with van der Waals surface area (Å²) in [7, 11) is -1.83. The zero-order valence-electron chi connectivity index (χ0n) is 18.1. The molecule has 0 heterocycles. The molecule has 0 bridgehead atoms. The normalized spacial score (nSPS) is 12.9. The van der Waals surface area contributed by atoms with Crippen LogP contribution in [0.4, 0.5) is 10.1 Å². The summed E-state index contributed by atoms with van der Waals surface area (Å²) in [6, 6.07) is 10.6. The summed E-state index contributed by atoms with van der Waals surface area (Å²) in [5, 5.41) is 2.81. The van der Waals surface area contributed by atoms with Gasteiger partial charge in [0.2, 0.25) is 15.9 Å². The number of aryl methyl sites for hydroxylation is 1. The van der Waals surface area contributed by atoms with Crippen molar-refractivity contribution in [2.24, 2.45) is 0 Å². The lowest BCUT2D eigenvalue weighted by molar-refractivity contribution is -0.120. The third kappa shape index (κ3) is 5.65. The molecule has 0 aliphatic carbocycles. The molecule has 6 nitrogen and oxygen atoms in total. The number of amides is 1. The Labute approximate surface area is 178 Å². The highest BCUT2D eigenvalue weighted by Gasteiger charge is 2.25. The number of halogens is 1. The lowest BCUT2D eigenvalue weighted by atomic mass is 10.1. The Bertz CT molecular complexity index is 974. The molecule has 0 radical (unpaired) electrons. The summed E-state index contributed by atoms with van der Waals surface area (Å²) in [5.74, 6) is -0.559. The fourth-order valence-electron chi connectivity index (χ4n) is 3.12. The van der Waals surface area contributed by atoms with Crippen LogP contribution in [0.25, 0.3) is 0 Å². The fraction of sp³-hybridized carbons (Fsp3) is 0.409. The second-order valence-corrected chi connectivity index (χ2v) is 9.18. The van der Waals surface area contributed by atoms with E-state index in [4.69, 9.17) is 0 Å². The molecule has 2 aromatic rings. The highest BCUT2D eigenvalue weighted by Crippen LogP contribution is 2.24. The van der Waals surface area contributed by atoms with Gasteiger partial charge < -0.3 is 5.32 Å². The average Bonchev–Trinajstić information content (AvgIpc) is 2.71. The van der Waals surface area contributed by atoms with E-state index in [0.29, 0.717) is 30.9 Å². The monoisotopic (exact) mass is 435 g/mol. The van der Waals surface area contributed by atoms with Gasteiger partial charge in [-0.25, -0.2) is 12.8 Å². The summed E-state index contributed by atoms with van der Waals surface area (Å²) in [6.45, 7) is 8.31. The van der Waals surface area contributed by atoms with Crippen molar-refractivity contribution in [3.8, 4) is 0 Å². The standard InChI is InChI=1S/C22H30FN3O3S/c1-6-26(7-2)30(28,29)21-14-20(13-8-16(21)3)24-22(27)17(4)25(5)15-18-9-11-19(23)12-10-18/h8-14,17H,6-7,15H2,1-5H3,(H,24,27). The number of carbonyl (C=O) groups is 1. The Morgan fingerprint density at radius 3 is 2.27 bits per heavy atom. The van der Waals surface area contributed by atoms with Gasteiger partial charge in [-0.15, -0.1) is 0 Å². The molecule has 1 atom stereocenters. The maximum Gasteiger partial charge on any atom is 0.243 e. The van der Waals surface area contributed by atoms with Gasteiger partial charge in [0.05, 0.1) is 10.9 Å². The molecule has 1 amide bonds. The molecule has 2 rings (SSSR count). The lowest BCUT2D eigenvalue weighted by Gasteiger charge is -2.24. The molecule has 30 heavy (non-hydrogen) atoms. The minimum absolute atomic E-state index is 0.191. The minimum atomic E-state index is -3.63.